The van der Waals surface area contributed by atoms with Crippen LogP contribution in [0.15, 0.2) is 54.6 Å². The molecule has 0 bridgehead atoms. The van der Waals surface area contributed by atoms with Gasteiger partial charge >= 0.3 is 0 Å². The molecule has 2 rings (SSSR count). The van der Waals surface area contributed by atoms with Gasteiger partial charge in [0.1, 0.15) is 0 Å². The van der Waals surface area contributed by atoms with Crippen LogP contribution in [0.25, 0.3) is 0 Å². The first kappa shape index (κ1) is 24.5. The van der Waals surface area contributed by atoms with E-state index in [0.717, 1.165) is 17.8 Å². The second-order valence-electron chi connectivity index (χ2n) is 8.61. The van der Waals surface area contributed by atoms with Crippen molar-refractivity contribution in [3.63, 3.8) is 0 Å². The summed E-state index contributed by atoms with van der Waals surface area (Å²) in [6.07, 6.45) is 19.9. The Balaban J connectivity index is 1.38. The first-order valence-corrected chi connectivity index (χ1v) is 12.4. The van der Waals surface area contributed by atoms with Crippen molar-refractivity contribution in [1.82, 2.24) is 0 Å². The maximum absolute atomic E-state index is 8.76. The van der Waals surface area contributed by atoms with Crippen molar-refractivity contribution < 1.29 is 5.11 Å². The minimum absolute atomic E-state index is 0.361. The average Bonchev–Trinajstić information content (AvgIpc) is 2.78. The molecule has 0 aromatic heterocycles. The van der Waals surface area contributed by atoms with Crippen LogP contribution in [-0.4, -0.2) is 11.7 Å². The van der Waals surface area contributed by atoms with Gasteiger partial charge in [-0.25, -0.2) is 0 Å². The van der Waals surface area contributed by atoms with Crippen LogP contribution in [0, 0.1) is 0 Å². The summed E-state index contributed by atoms with van der Waals surface area (Å²) in [4.78, 5) is 0. The summed E-state index contributed by atoms with van der Waals surface area (Å²) >= 11 is 0. The largest absolute Gasteiger partial charge is 0.396 e. The first-order chi connectivity index (χ1) is 14.9. The standard InChI is InChI=1S/C28H43NO/c30-25-17-12-10-8-6-4-2-1-3-5-7-9-11-14-18-26-21-23-28(24-22-26)29-27-19-15-13-16-20-27/h13,15-16,19-24,29-30H,1-12,14,17-18,25H2. The van der Waals surface area contributed by atoms with E-state index < -0.39 is 0 Å². The summed E-state index contributed by atoms with van der Waals surface area (Å²) in [6.45, 7) is 0.361. The number of para-hydroxylation sites is 1. The van der Waals surface area contributed by atoms with E-state index in [0.29, 0.717) is 6.61 Å². The van der Waals surface area contributed by atoms with Crippen LogP contribution in [0.3, 0.4) is 0 Å². The Labute approximate surface area is 185 Å². The summed E-state index contributed by atoms with van der Waals surface area (Å²) in [5.41, 5.74) is 3.75. The van der Waals surface area contributed by atoms with Gasteiger partial charge in [-0.15, -0.1) is 0 Å². The number of hydrogen-bond donors (Lipinski definition) is 2. The summed E-state index contributed by atoms with van der Waals surface area (Å²) < 4.78 is 0. The maximum atomic E-state index is 8.76. The fraction of sp³-hybridized carbons (Fsp3) is 0.571. The quantitative estimate of drug-likeness (QED) is 0.242. The lowest BCUT2D eigenvalue weighted by atomic mass is 10.0. The highest BCUT2D eigenvalue weighted by Crippen LogP contribution is 2.18. The van der Waals surface area contributed by atoms with E-state index in [4.69, 9.17) is 5.11 Å². The Bertz CT molecular complexity index is 623. The molecule has 0 aliphatic rings. The van der Waals surface area contributed by atoms with Gasteiger partial charge in [0, 0.05) is 18.0 Å². The van der Waals surface area contributed by atoms with Crippen LogP contribution < -0.4 is 5.32 Å². The number of aliphatic hydroxyl groups is 1. The summed E-state index contributed by atoms with van der Waals surface area (Å²) in [7, 11) is 0. The molecule has 166 valence electrons. The number of aryl methyl sites for hydroxylation is 1. The molecule has 0 saturated carbocycles. The van der Waals surface area contributed by atoms with Crippen LogP contribution in [0.5, 0.6) is 0 Å². The van der Waals surface area contributed by atoms with E-state index in [-0.39, 0.29) is 0 Å². The van der Waals surface area contributed by atoms with E-state index >= 15 is 0 Å². The van der Waals surface area contributed by atoms with Gasteiger partial charge in [0.2, 0.25) is 0 Å². The third kappa shape index (κ3) is 12.0. The SMILES string of the molecule is OCCCCCCCCCCCCCCCCc1ccc(Nc2ccccc2)cc1. The van der Waals surface area contributed by atoms with Crippen molar-refractivity contribution in [3.8, 4) is 0 Å². The molecule has 0 saturated heterocycles. The van der Waals surface area contributed by atoms with Crippen LogP contribution >= 0.6 is 0 Å². The van der Waals surface area contributed by atoms with Crippen molar-refractivity contribution in [2.45, 2.75) is 96.3 Å². The number of nitrogens with one attached hydrogen (secondary N) is 1. The summed E-state index contributed by atoms with van der Waals surface area (Å²) in [6, 6.07) is 19.2. The smallest absolute Gasteiger partial charge is 0.0431 e. The second kappa shape index (κ2) is 16.9. The number of aliphatic hydroxyl groups excluding tert-OH is 1. The topological polar surface area (TPSA) is 32.3 Å². The molecular weight excluding hydrogens is 366 g/mol. The zero-order valence-electron chi connectivity index (χ0n) is 19.0. The van der Waals surface area contributed by atoms with Gasteiger partial charge in [-0.2, -0.15) is 0 Å². The molecule has 0 atom stereocenters. The Morgan fingerprint density at radius 3 is 1.40 bits per heavy atom. The highest BCUT2D eigenvalue weighted by atomic mass is 16.2. The van der Waals surface area contributed by atoms with E-state index in [1.165, 1.54) is 95.5 Å². The first-order valence-electron chi connectivity index (χ1n) is 12.4. The van der Waals surface area contributed by atoms with Crippen molar-refractivity contribution in [3.05, 3.63) is 60.2 Å². The molecule has 2 heteroatoms. The lowest BCUT2D eigenvalue weighted by molar-refractivity contribution is 0.282. The zero-order valence-corrected chi connectivity index (χ0v) is 19.0. The van der Waals surface area contributed by atoms with E-state index in [2.05, 4.69) is 53.8 Å². The van der Waals surface area contributed by atoms with Gasteiger partial charge in [-0.05, 0) is 49.1 Å². The van der Waals surface area contributed by atoms with Crippen LogP contribution in [-0.2, 0) is 6.42 Å². The maximum Gasteiger partial charge on any atom is 0.0431 e. The highest BCUT2D eigenvalue weighted by Gasteiger charge is 1.98. The van der Waals surface area contributed by atoms with Crippen LogP contribution in [0.1, 0.15) is 95.5 Å². The van der Waals surface area contributed by atoms with Gasteiger partial charge < -0.3 is 10.4 Å². The molecular formula is C28H43NO. The average molecular weight is 410 g/mol. The normalized spacial score (nSPS) is 11.0. The van der Waals surface area contributed by atoms with Crippen LogP contribution in [0.4, 0.5) is 11.4 Å². The second-order valence-corrected chi connectivity index (χ2v) is 8.61. The number of benzene rings is 2. The predicted octanol–water partition coefficient (Wildman–Crippen LogP) is 8.43. The Morgan fingerprint density at radius 2 is 0.900 bits per heavy atom. The summed E-state index contributed by atoms with van der Waals surface area (Å²) in [5, 5.41) is 12.2. The molecule has 0 aliphatic heterocycles. The van der Waals surface area contributed by atoms with Gasteiger partial charge in [0.05, 0.1) is 0 Å². The van der Waals surface area contributed by atoms with Crippen molar-refractivity contribution in [2.24, 2.45) is 0 Å². The van der Waals surface area contributed by atoms with Gasteiger partial charge in [0.25, 0.3) is 0 Å². The zero-order chi connectivity index (χ0) is 21.1. The van der Waals surface area contributed by atoms with Crippen molar-refractivity contribution in [1.29, 1.82) is 0 Å². The van der Waals surface area contributed by atoms with Gasteiger partial charge in [-0.3, -0.25) is 0 Å². The molecule has 2 aromatic rings. The molecule has 2 nitrogen and oxygen atoms in total. The fourth-order valence-electron chi connectivity index (χ4n) is 4.01. The number of unbranched alkanes of at least 4 members (excludes halogenated alkanes) is 13. The lowest BCUT2D eigenvalue weighted by Crippen LogP contribution is -1.91. The van der Waals surface area contributed by atoms with Crippen molar-refractivity contribution >= 4 is 11.4 Å². The minimum Gasteiger partial charge on any atom is -0.396 e. The molecule has 0 radical (unpaired) electrons. The van der Waals surface area contributed by atoms with Gasteiger partial charge in [0.15, 0.2) is 0 Å². The number of hydrogen-bond acceptors (Lipinski definition) is 2. The molecule has 2 aromatic carbocycles. The molecule has 30 heavy (non-hydrogen) atoms. The minimum atomic E-state index is 0.361. The van der Waals surface area contributed by atoms with Gasteiger partial charge in [-0.1, -0.05) is 107 Å². The monoisotopic (exact) mass is 409 g/mol. The molecule has 0 heterocycles. The number of anilines is 2. The Morgan fingerprint density at radius 1 is 0.467 bits per heavy atom. The van der Waals surface area contributed by atoms with E-state index in [1.54, 1.807) is 0 Å². The number of rotatable bonds is 18. The molecule has 0 fully saturated rings. The van der Waals surface area contributed by atoms with E-state index in [1.807, 2.05) is 6.07 Å². The molecule has 0 amide bonds. The predicted molar refractivity (Wildman–Crippen MR) is 132 cm³/mol. The Kier molecular flexibility index (Phi) is 13.8. The fourth-order valence-corrected chi connectivity index (χ4v) is 4.01. The molecule has 0 aliphatic carbocycles. The van der Waals surface area contributed by atoms with E-state index in [9.17, 15) is 0 Å². The third-order valence-corrected chi connectivity index (χ3v) is 5.89. The third-order valence-electron chi connectivity index (χ3n) is 5.89. The Hall–Kier alpha value is -1.80. The molecule has 0 unspecified atom stereocenters. The highest BCUT2D eigenvalue weighted by molar-refractivity contribution is 5.59. The lowest BCUT2D eigenvalue weighted by Gasteiger charge is -2.07. The molecule has 2 N–H and O–H groups in total. The van der Waals surface area contributed by atoms with Crippen LogP contribution in [0.2, 0.25) is 0 Å². The van der Waals surface area contributed by atoms with Crippen molar-refractivity contribution in [2.75, 3.05) is 11.9 Å². The summed E-state index contributed by atoms with van der Waals surface area (Å²) in [5.74, 6) is 0. The molecule has 0 spiro atoms.